The van der Waals surface area contributed by atoms with E-state index in [0.29, 0.717) is 0 Å². The molecule has 2 aromatic rings. The lowest BCUT2D eigenvalue weighted by molar-refractivity contribution is 1.36. The first kappa shape index (κ1) is 8.98. The average Bonchev–Trinajstić information content (AvgIpc) is 2.63. The maximum atomic E-state index is 4.18. The number of aromatic nitrogens is 1. The van der Waals surface area contributed by atoms with Crippen LogP contribution < -0.4 is 0 Å². The minimum Gasteiger partial charge on any atom is -0.236 e. The van der Waals surface area contributed by atoms with E-state index in [9.17, 15) is 0 Å². The highest BCUT2D eigenvalue weighted by atomic mass is 32.1. The van der Waals surface area contributed by atoms with Gasteiger partial charge in [0, 0.05) is 16.6 Å². The van der Waals surface area contributed by atoms with Gasteiger partial charge >= 0.3 is 0 Å². The highest BCUT2D eigenvalue weighted by molar-refractivity contribution is 7.12. The molecule has 0 aliphatic rings. The Bertz CT molecular complexity index is 474. The van der Waals surface area contributed by atoms with Crippen molar-refractivity contribution in [3.8, 4) is 11.8 Å². The molecule has 0 saturated heterocycles. The van der Waals surface area contributed by atoms with Crippen LogP contribution in [0, 0.1) is 18.8 Å². The summed E-state index contributed by atoms with van der Waals surface area (Å²) in [5.74, 6) is 6.11. The van der Waals surface area contributed by atoms with Gasteiger partial charge < -0.3 is 0 Å². The molecule has 0 fully saturated rings. The first-order valence-corrected chi connectivity index (χ1v) is 5.16. The van der Waals surface area contributed by atoms with Crippen LogP contribution in [-0.2, 0) is 0 Å². The van der Waals surface area contributed by atoms with Gasteiger partial charge in [-0.25, -0.2) is 4.98 Å². The van der Waals surface area contributed by atoms with Gasteiger partial charge in [0.25, 0.3) is 0 Å². The maximum Gasteiger partial charge on any atom is 0.167 e. The largest absolute Gasteiger partial charge is 0.236 e. The van der Waals surface area contributed by atoms with Gasteiger partial charge in [0.15, 0.2) is 5.01 Å². The summed E-state index contributed by atoms with van der Waals surface area (Å²) in [6.07, 6.45) is 1.85. The summed E-state index contributed by atoms with van der Waals surface area (Å²) in [5, 5.41) is 0.881. The Kier molecular flexibility index (Phi) is 2.62. The number of benzene rings is 1. The zero-order chi connectivity index (χ0) is 9.80. The van der Waals surface area contributed by atoms with Gasteiger partial charge in [-0.05, 0) is 25.0 Å². The molecular formula is C12H9NS. The molecule has 0 spiro atoms. The normalized spacial score (nSPS) is 9.21. The third kappa shape index (κ3) is 2.21. The molecule has 0 bridgehead atoms. The minimum atomic E-state index is 0.881. The van der Waals surface area contributed by atoms with Crippen molar-refractivity contribution in [3.05, 3.63) is 52.0 Å². The highest BCUT2D eigenvalue weighted by Gasteiger charge is 1.91. The van der Waals surface area contributed by atoms with E-state index in [1.807, 2.05) is 43.5 Å². The predicted molar refractivity (Wildman–Crippen MR) is 59.3 cm³/mol. The van der Waals surface area contributed by atoms with Gasteiger partial charge in [0.1, 0.15) is 0 Å². The molecule has 1 nitrogen and oxygen atoms in total. The molecule has 0 amide bonds. The molecule has 0 atom stereocenters. The molecule has 0 radical (unpaired) electrons. The van der Waals surface area contributed by atoms with Crippen LogP contribution in [-0.4, -0.2) is 4.98 Å². The molecule has 1 aromatic carbocycles. The number of nitrogens with zero attached hydrogens (tertiary/aromatic N) is 1. The minimum absolute atomic E-state index is 0.881. The van der Waals surface area contributed by atoms with E-state index in [1.165, 1.54) is 4.88 Å². The van der Waals surface area contributed by atoms with E-state index >= 15 is 0 Å². The summed E-state index contributed by atoms with van der Waals surface area (Å²) in [4.78, 5) is 5.37. The zero-order valence-electron chi connectivity index (χ0n) is 7.82. The summed E-state index contributed by atoms with van der Waals surface area (Å²) in [7, 11) is 0. The Morgan fingerprint density at radius 1 is 1.14 bits per heavy atom. The second kappa shape index (κ2) is 4.08. The molecule has 2 heteroatoms. The molecular weight excluding hydrogens is 190 g/mol. The van der Waals surface area contributed by atoms with Crippen LogP contribution in [0.25, 0.3) is 0 Å². The van der Waals surface area contributed by atoms with Gasteiger partial charge in [-0.2, -0.15) is 0 Å². The number of hydrogen-bond acceptors (Lipinski definition) is 2. The van der Waals surface area contributed by atoms with Gasteiger partial charge in [0.2, 0.25) is 0 Å². The fraction of sp³-hybridized carbons (Fsp3) is 0.0833. The van der Waals surface area contributed by atoms with Crippen molar-refractivity contribution in [3.63, 3.8) is 0 Å². The quantitative estimate of drug-likeness (QED) is 0.594. The zero-order valence-corrected chi connectivity index (χ0v) is 8.64. The van der Waals surface area contributed by atoms with Crippen molar-refractivity contribution in [2.45, 2.75) is 6.92 Å². The summed E-state index contributed by atoms with van der Waals surface area (Å²) < 4.78 is 0. The average molecular weight is 199 g/mol. The summed E-state index contributed by atoms with van der Waals surface area (Å²) in [6.45, 7) is 2.03. The molecule has 14 heavy (non-hydrogen) atoms. The summed E-state index contributed by atoms with van der Waals surface area (Å²) in [6, 6.07) is 9.94. The van der Waals surface area contributed by atoms with E-state index in [2.05, 4.69) is 16.8 Å². The van der Waals surface area contributed by atoms with E-state index < -0.39 is 0 Å². The van der Waals surface area contributed by atoms with Crippen molar-refractivity contribution >= 4 is 11.3 Å². The smallest absolute Gasteiger partial charge is 0.167 e. The monoisotopic (exact) mass is 199 g/mol. The number of rotatable bonds is 0. The third-order valence-corrected chi connectivity index (χ3v) is 2.54. The third-order valence-electron chi connectivity index (χ3n) is 1.71. The number of thiazole rings is 1. The van der Waals surface area contributed by atoms with E-state index in [1.54, 1.807) is 11.3 Å². The van der Waals surface area contributed by atoms with Crippen LogP contribution in [0.2, 0.25) is 0 Å². The van der Waals surface area contributed by atoms with Crippen molar-refractivity contribution in [1.29, 1.82) is 0 Å². The lowest BCUT2D eigenvalue weighted by Gasteiger charge is -1.84. The molecule has 1 aromatic heterocycles. The summed E-state index contributed by atoms with van der Waals surface area (Å²) in [5.41, 5.74) is 1.03. The van der Waals surface area contributed by atoms with E-state index in [0.717, 1.165) is 10.6 Å². The number of aryl methyl sites for hydroxylation is 1. The highest BCUT2D eigenvalue weighted by Crippen LogP contribution is 2.09. The Morgan fingerprint density at radius 2 is 1.93 bits per heavy atom. The summed E-state index contributed by atoms with van der Waals surface area (Å²) >= 11 is 1.62. The molecule has 1 heterocycles. The van der Waals surface area contributed by atoms with Crippen molar-refractivity contribution in [2.75, 3.05) is 0 Å². The standard InChI is InChI=1S/C12H9NS/c1-10-9-13-12(14-10)8-7-11-5-3-2-4-6-11/h2-6,9H,1H3. The van der Waals surface area contributed by atoms with Crippen LogP contribution in [0.1, 0.15) is 15.4 Å². The van der Waals surface area contributed by atoms with Gasteiger partial charge in [0.05, 0.1) is 0 Å². The fourth-order valence-electron chi connectivity index (χ4n) is 1.06. The first-order valence-electron chi connectivity index (χ1n) is 4.34. The molecule has 2 rings (SSSR count). The Hall–Kier alpha value is -1.59. The molecule has 0 unspecified atom stereocenters. The van der Waals surface area contributed by atoms with Gasteiger partial charge in [-0.15, -0.1) is 11.3 Å². The molecule has 0 aliphatic carbocycles. The SMILES string of the molecule is Cc1cnc(C#Cc2ccccc2)s1. The van der Waals surface area contributed by atoms with Crippen molar-refractivity contribution in [2.24, 2.45) is 0 Å². The lowest BCUT2D eigenvalue weighted by Crippen LogP contribution is -1.72. The Balaban J connectivity index is 2.23. The fourth-order valence-corrected chi connectivity index (χ4v) is 1.68. The first-order chi connectivity index (χ1) is 6.84. The van der Waals surface area contributed by atoms with Crippen molar-refractivity contribution in [1.82, 2.24) is 4.98 Å². The van der Waals surface area contributed by atoms with Crippen LogP contribution in [0.4, 0.5) is 0 Å². The molecule has 0 aliphatic heterocycles. The second-order valence-corrected chi connectivity index (χ2v) is 4.13. The lowest BCUT2D eigenvalue weighted by atomic mass is 10.2. The van der Waals surface area contributed by atoms with E-state index in [-0.39, 0.29) is 0 Å². The van der Waals surface area contributed by atoms with Crippen LogP contribution >= 0.6 is 11.3 Å². The van der Waals surface area contributed by atoms with Gasteiger partial charge in [-0.1, -0.05) is 24.1 Å². The Labute approximate surface area is 87.4 Å². The molecule has 0 saturated carbocycles. The maximum absolute atomic E-state index is 4.18. The number of hydrogen-bond donors (Lipinski definition) is 0. The predicted octanol–water partition coefficient (Wildman–Crippen LogP) is 2.85. The Morgan fingerprint density at radius 3 is 2.57 bits per heavy atom. The second-order valence-electron chi connectivity index (χ2n) is 2.89. The van der Waals surface area contributed by atoms with Crippen LogP contribution in [0.3, 0.4) is 0 Å². The van der Waals surface area contributed by atoms with Crippen LogP contribution in [0.15, 0.2) is 36.5 Å². The van der Waals surface area contributed by atoms with Crippen molar-refractivity contribution < 1.29 is 0 Å². The van der Waals surface area contributed by atoms with Gasteiger partial charge in [-0.3, -0.25) is 0 Å². The van der Waals surface area contributed by atoms with Crippen LogP contribution in [0.5, 0.6) is 0 Å². The molecule has 68 valence electrons. The molecule has 0 N–H and O–H groups in total. The topological polar surface area (TPSA) is 12.9 Å². The van der Waals surface area contributed by atoms with E-state index in [4.69, 9.17) is 0 Å².